The molecule has 2 aliphatic rings. The van der Waals surface area contributed by atoms with Crippen molar-refractivity contribution in [3.8, 4) is 10.6 Å². The number of hydrogen-bond donors (Lipinski definition) is 1. The number of nitrogens with one attached hydrogen (secondary N) is 1. The van der Waals surface area contributed by atoms with E-state index in [9.17, 15) is 9.59 Å². The minimum Gasteiger partial charge on any atom is -0.340 e. The largest absolute Gasteiger partial charge is 0.340 e. The summed E-state index contributed by atoms with van der Waals surface area (Å²) in [5.74, 6) is 0.828. The van der Waals surface area contributed by atoms with Crippen molar-refractivity contribution in [3.05, 3.63) is 52.3 Å². The number of fused-ring (bicyclic) bond motifs is 3. The first kappa shape index (κ1) is 22.6. The van der Waals surface area contributed by atoms with Gasteiger partial charge in [0.2, 0.25) is 11.9 Å². The van der Waals surface area contributed by atoms with Gasteiger partial charge in [-0.05, 0) is 43.0 Å². The molecule has 0 unspecified atom stereocenters. The van der Waals surface area contributed by atoms with Crippen LogP contribution in [0.1, 0.15) is 35.7 Å². The first-order valence-corrected chi connectivity index (χ1v) is 12.4. The Morgan fingerprint density at radius 2 is 1.91 bits per heavy atom. The molecule has 0 bridgehead atoms. The number of carbonyl (C=O) groups is 2. The highest BCUT2D eigenvalue weighted by Gasteiger charge is 2.25. The lowest BCUT2D eigenvalue weighted by molar-refractivity contribution is -0.130. The quantitative estimate of drug-likeness (QED) is 0.584. The summed E-state index contributed by atoms with van der Waals surface area (Å²) in [7, 11) is 0. The second-order valence-electron chi connectivity index (χ2n) is 8.94. The number of carbonyl (C=O) groups excluding carboxylic acids is 2. The number of thiazole rings is 1. The van der Waals surface area contributed by atoms with Crippen molar-refractivity contribution in [3.63, 3.8) is 0 Å². The van der Waals surface area contributed by atoms with Gasteiger partial charge >= 0.3 is 0 Å². The molecule has 1 N–H and O–H groups in total. The molecule has 1 aromatic carbocycles. The maximum atomic E-state index is 11.6. The molecule has 9 heteroatoms. The molecule has 0 atom stereocenters. The second kappa shape index (κ2) is 9.60. The van der Waals surface area contributed by atoms with E-state index in [4.69, 9.17) is 9.97 Å². The predicted molar refractivity (Wildman–Crippen MR) is 132 cm³/mol. The van der Waals surface area contributed by atoms with Crippen LogP contribution in [0.5, 0.6) is 0 Å². The Kier molecular flexibility index (Phi) is 6.38. The summed E-state index contributed by atoms with van der Waals surface area (Å²) < 4.78 is 0. The number of aromatic nitrogens is 3. The number of ketones is 1. The summed E-state index contributed by atoms with van der Waals surface area (Å²) >= 11 is 1.71. The third kappa shape index (κ3) is 5.00. The Morgan fingerprint density at radius 3 is 2.68 bits per heavy atom. The number of aryl methyl sites for hydroxylation is 2. The van der Waals surface area contributed by atoms with Crippen LogP contribution in [0.2, 0.25) is 0 Å². The third-order valence-corrected chi connectivity index (χ3v) is 7.35. The van der Waals surface area contributed by atoms with Gasteiger partial charge in [0.1, 0.15) is 10.8 Å². The highest BCUT2D eigenvalue weighted by atomic mass is 32.1. The van der Waals surface area contributed by atoms with Crippen LogP contribution in [0.4, 0.5) is 11.6 Å². The van der Waals surface area contributed by atoms with E-state index in [1.807, 2.05) is 35.4 Å². The topological polar surface area (TPSA) is 91.3 Å². The van der Waals surface area contributed by atoms with Gasteiger partial charge in [-0.15, -0.1) is 11.3 Å². The van der Waals surface area contributed by atoms with Crippen molar-refractivity contribution < 1.29 is 9.59 Å². The molecular formula is C25H28N6O2S. The second-order valence-corrected chi connectivity index (χ2v) is 10.0. The molecule has 176 valence electrons. The standard InChI is InChI=1S/C25H28N6O2S/c1-16(32)12-18-4-3-5-20(13-18)27-25-26-14-19-6-7-21-24(23(19)29-25)34-22(28-21)15-30-8-10-31(11-9-30)17(2)33/h3-5,13-14H,6-12,15H2,1-2H3,(H,26,27,29). The van der Waals surface area contributed by atoms with E-state index < -0.39 is 0 Å². The maximum absolute atomic E-state index is 11.6. The Hall–Kier alpha value is -3.17. The van der Waals surface area contributed by atoms with E-state index in [1.165, 1.54) is 0 Å². The van der Waals surface area contributed by atoms with Crippen LogP contribution in [-0.4, -0.2) is 62.6 Å². The van der Waals surface area contributed by atoms with Crippen LogP contribution in [0, 0.1) is 0 Å². The van der Waals surface area contributed by atoms with Crippen LogP contribution in [0.15, 0.2) is 30.5 Å². The van der Waals surface area contributed by atoms with Crippen LogP contribution in [0.3, 0.4) is 0 Å². The fourth-order valence-corrected chi connectivity index (χ4v) is 5.69. The van der Waals surface area contributed by atoms with Gasteiger partial charge in [0.15, 0.2) is 0 Å². The lowest BCUT2D eigenvalue weighted by Gasteiger charge is -2.33. The molecule has 1 fully saturated rings. The van der Waals surface area contributed by atoms with Gasteiger partial charge in [0.25, 0.3) is 0 Å². The number of anilines is 2. The lowest BCUT2D eigenvalue weighted by Crippen LogP contribution is -2.47. The van der Waals surface area contributed by atoms with Crippen LogP contribution in [-0.2, 0) is 35.4 Å². The molecule has 0 saturated carbocycles. The highest BCUT2D eigenvalue weighted by Crippen LogP contribution is 2.37. The van der Waals surface area contributed by atoms with Crippen LogP contribution >= 0.6 is 11.3 Å². The number of piperazine rings is 1. The number of hydrogen-bond acceptors (Lipinski definition) is 8. The molecule has 1 aliphatic heterocycles. The van der Waals surface area contributed by atoms with Crippen molar-refractivity contribution in [1.29, 1.82) is 0 Å². The molecule has 34 heavy (non-hydrogen) atoms. The maximum Gasteiger partial charge on any atom is 0.227 e. The molecule has 8 nitrogen and oxygen atoms in total. The molecule has 2 aromatic heterocycles. The summed E-state index contributed by atoms with van der Waals surface area (Å²) in [6, 6.07) is 7.80. The first-order valence-electron chi connectivity index (χ1n) is 11.6. The summed E-state index contributed by atoms with van der Waals surface area (Å²) in [5.41, 5.74) is 5.05. The minimum atomic E-state index is 0.136. The van der Waals surface area contributed by atoms with Gasteiger partial charge < -0.3 is 10.2 Å². The van der Waals surface area contributed by atoms with Crippen molar-refractivity contribution in [2.75, 3.05) is 31.5 Å². The number of Topliss-reactive ketones (excluding diaryl/α,β-unsaturated/α-hetero) is 1. The van der Waals surface area contributed by atoms with Gasteiger partial charge in [-0.25, -0.2) is 15.0 Å². The zero-order valence-electron chi connectivity index (χ0n) is 19.5. The van der Waals surface area contributed by atoms with Crippen molar-refractivity contribution in [2.24, 2.45) is 0 Å². The summed E-state index contributed by atoms with van der Waals surface area (Å²) in [6.07, 6.45) is 4.11. The Bertz CT molecular complexity index is 1230. The van der Waals surface area contributed by atoms with E-state index in [-0.39, 0.29) is 11.7 Å². The monoisotopic (exact) mass is 476 g/mol. The molecule has 1 saturated heterocycles. The van der Waals surface area contributed by atoms with E-state index in [0.29, 0.717) is 12.4 Å². The summed E-state index contributed by atoms with van der Waals surface area (Å²) in [5, 5.41) is 4.39. The van der Waals surface area contributed by atoms with Gasteiger partial charge in [-0.1, -0.05) is 12.1 Å². The average Bonchev–Trinajstić information content (AvgIpc) is 3.22. The van der Waals surface area contributed by atoms with Crippen molar-refractivity contribution in [1.82, 2.24) is 24.8 Å². The number of rotatable bonds is 6. The van der Waals surface area contributed by atoms with Gasteiger partial charge in [0.05, 0.1) is 22.8 Å². The van der Waals surface area contributed by atoms with Crippen molar-refractivity contribution in [2.45, 2.75) is 39.7 Å². The lowest BCUT2D eigenvalue weighted by atomic mass is 10.00. The zero-order valence-corrected chi connectivity index (χ0v) is 20.3. The summed E-state index contributed by atoms with van der Waals surface area (Å²) in [6.45, 7) is 7.34. The average molecular weight is 477 g/mol. The highest BCUT2D eigenvalue weighted by molar-refractivity contribution is 7.15. The first-order chi connectivity index (χ1) is 16.4. The molecule has 0 spiro atoms. The predicted octanol–water partition coefficient (Wildman–Crippen LogP) is 3.24. The van der Waals surface area contributed by atoms with Gasteiger partial charge in [-0.2, -0.15) is 0 Å². The van der Waals surface area contributed by atoms with E-state index in [1.54, 1.807) is 25.2 Å². The number of nitrogens with zero attached hydrogens (tertiary/aromatic N) is 5. The fourth-order valence-electron chi connectivity index (χ4n) is 4.51. The molecule has 1 aliphatic carbocycles. The molecule has 3 heterocycles. The molecule has 3 aromatic rings. The van der Waals surface area contributed by atoms with E-state index in [0.717, 1.165) is 83.7 Å². The fraction of sp³-hybridized carbons (Fsp3) is 0.400. The van der Waals surface area contributed by atoms with Crippen LogP contribution in [0.25, 0.3) is 10.6 Å². The Balaban J connectivity index is 1.32. The van der Waals surface area contributed by atoms with Gasteiger partial charge in [-0.3, -0.25) is 14.5 Å². The number of benzene rings is 1. The molecule has 0 radical (unpaired) electrons. The Labute approximate surface area is 203 Å². The molecule has 5 rings (SSSR count). The zero-order chi connectivity index (χ0) is 23.7. The molecule has 1 amide bonds. The number of amides is 1. The smallest absolute Gasteiger partial charge is 0.227 e. The third-order valence-electron chi connectivity index (χ3n) is 6.27. The van der Waals surface area contributed by atoms with Gasteiger partial charge in [0, 0.05) is 51.4 Å². The SMILES string of the molecule is CC(=O)Cc1cccc(Nc2ncc3c(n2)-c2sc(CN4CCN(C(C)=O)CC4)nc2CC3)c1. The molecular weight excluding hydrogens is 448 g/mol. The normalized spacial score (nSPS) is 15.5. The van der Waals surface area contributed by atoms with E-state index >= 15 is 0 Å². The Morgan fingerprint density at radius 1 is 1.09 bits per heavy atom. The summed E-state index contributed by atoms with van der Waals surface area (Å²) in [4.78, 5) is 42.8. The van der Waals surface area contributed by atoms with Crippen LogP contribution < -0.4 is 5.32 Å². The minimum absolute atomic E-state index is 0.136. The van der Waals surface area contributed by atoms with Crippen molar-refractivity contribution >= 4 is 34.7 Å². The van der Waals surface area contributed by atoms with E-state index in [2.05, 4.69) is 15.2 Å².